The van der Waals surface area contributed by atoms with Crippen molar-refractivity contribution < 1.29 is 14.3 Å². The second-order valence-corrected chi connectivity index (χ2v) is 7.32. The third-order valence-electron chi connectivity index (χ3n) is 5.47. The molecule has 1 saturated carbocycles. The van der Waals surface area contributed by atoms with E-state index in [9.17, 15) is 9.59 Å². The number of ether oxygens (including phenoxy) is 1. The Hall–Kier alpha value is -2.30. The van der Waals surface area contributed by atoms with E-state index in [1.165, 1.54) is 12.5 Å². The van der Waals surface area contributed by atoms with Crippen LogP contribution < -0.4 is 10.1 Å². The summed E-state index contributed by atoms with van der Waals surface area (Å²) in [5, 5.41) is 2.93. The predicted molar refractivity (Wildman–Crippen MR) is 101 cm³/mol. The van der Waals surface area contributed by atoms with Crippen molar-refractivity contribution >= 4 is 11.8 Å². The van der Waals surface area contributed by atoms with Crippen LogP contribution in [0.5, 0.6) is 5.75 Å². The summed E-state index contributed by atoms with van der Waals surface area (Å²) in [5.74, 6) is 0.792. The van der Waals surface area contributed by atoms with Gasteiger partial charge in [-0.05, 0) is 63.2 Å². The molecule has 1 aromatic carbocycles. The lowest BCUT2D eigenvalue weighted by molar-refractivity contribution is -0.117. The van der Waals surface area contributed by atoms with E-state index in [1.807, 2.05) is 36.1 Å². The highest BCUT2D eigenvalue weighted by Gasteiger charge is 2.30. The molecule has 1 aromatic rings. The van der Waals surface area contributed by atoms with Gasteiger partial charge in [-0.15, -0.1) is 0 Å². The van der Waals surface area contributed by atoms with Gasteiger partial charge >= 0.3 is 0 Å². The number of likely N-dealkylation sites (tertiary alicyclic amines) is 1. The minimum Gasteiger partial charge on any atom is -0.490 e. The molecule has 3 rings (SSSR count). The minimum atomic E-state index is -0.166. The maximum Gasteiger partial charge on any atom is 0.257 e. The summed E-state index contributed by atoms with van der Waals surface area (Å²) in [6, 6.07) is 7.55. The molecule has 26 heavy (non-hydrogen) atoms. The SMILES string of the molecule is C=CC(=O)NC(C)C1CCCN(C(=O)c2ccccc2OC2CCC2)C1. The normalized spacial score (nSPS) is 21.4. The van der Waals surface area contributed by atoms with Gasteiger partial charge in [0.2, 0.25) is 5.91 Å². The first-order valence-corrected chi connectivity index (χ1v) is 9.56. The van der Waals surface area contributed by atoms with Crippen LogP contribution in [0.2, 0.25) is 0 Å². The standard InChI is InChI=1S/C21H28N2O3/c1-3-20(24)22-15(2)16-8-7-13-23(14-16)21(25)18-11-4-5-12-19(18)26-17-9-6-10-17/h3-5,11-12,15-17H,1,6-10,13-14H2,2H3,(H,22,24). The Kier molecular flexibility index (Phi) is 5.96. The van der Waals surface area contributed by atoms with Gasteiger partial charge in [-0.3, -0.25) is 9.59 Å². The molecule has 140 valence electrons. The third kappa shape index (κ3) is 4.26. The average Bonchev–Trinajstić information content (AvgIpc) is 2.64. The first kappa shape index (κ1) is 18.5. The van der Waals surface area contributed by atoms with Crippen molar-refractivity contribution in [2.75, 3.05) is 13.1 Å². The van der Waals surface area contributed by atoms with Gasteiger partial charge in [0.05, 0.1) is 11.7 Å². The van der Waals surface area contributed by atoms with E-state index < -0.39 is 0 Å². The van der Waals surface area contributed by atoms with Gasteiger partial charge < -0.3 is 15.0 Å². The molecule has 2 fully saturated rings. The number of nitrogens with zero attached hydrogens (tertiary/aromatic N) is 1. The van der Waals surface area contributed by atoms with Crippen molar-refractivity contribution in [1.82, 2.24) is 10.2 Å². The Labute approximate surface area is 155 Å². The van der Waals surface area contributed by atoms with Gasteiger partial charge in [0.1, 0.15) is 5.75 Å². The van der Waals surface area contributed by atoms with Crippen LogP contribution in [0.15, 0.2) is 36.9 Å². The maximum atomic E-state index is 13.1. The monoisotopic (exact) mass is 356 g/mol. The molecule has 2 unspecified atom stereocenters. The second-order valence-electron chi connectivity index (χ2n) is 7.32. The molecule has 2 amide bonds. The smallest absolute Gasteiger partial charge is 0.257 e. The molecule has 1 saturated heterocycles. The predicted octanol–water partition coefficient (Wildman–Crippen LogP) is 3.16. The maximum absolute atomic E-state index is 13.1. The van der Waals surface area contributed by atoms with Crippen molar-refractivity contribution in [2.24, 2.45) is 5.92 Å². The Bertz CT molecular complexity index is 669. The van der Waals surface area contributed by atoms with Gasteiger partial charge in [-0.2, -0.15) is 0 Å². The number of amides is 2. The first-order chi connectivity index (χ1) is 12.6. The number of hydrogen-bond donors (Lipinski definition) is 1. The summed E-state index contributed by atoms with van der Waals surface area (Å²) in [7, 11) is 0. The van der Waals surface area contributed by atoms with Crippen LogP contribution >= 0.6 is 0 Å². The third-order valence-corrected chi connectivity index (χ3v) is 5.47. The fourth-order valence-electron chi connectivity index (χ4n) is 3.59. The fraction of sp³-hybridized carbons (Fsp3) is 0.524. The lowest BCUT2D eigenvalue weighted by Crippen LogP contribution is -2.47. The number of hydrogen-bond acceptors (Lipinski definition) is 3. The zero-order valence-electron chi connectivity index (χ0n) is 15.4. The van der Waals surface area contributed by atoms with Crippen LogP contribution in [0.1, 0.15) is 49.4 Å². The molecular weight excluding hydrogens is 328 g/mol. The minimum absolute atomic E-state index is 0.0116. The molecule has 1 heterocycles. The van der Waals surface area contributed by atoms with E-state index in [0.717, 1.165) is 32.2 Å². The van der Waals surface area contributed by atoms with Crippen molar-refractivity contribution in [3.63, 3.8) is 0 Å². The number of carbonyl (C=O) groups is 2. The molecule has 1 aliphatic heterocycles. The van der Waals surface area contributed by atoms with Crippen LogP contribution in [0.25, 0.3) is 0 Å². The van der Waals surface area contributed by atoms with E-state index in [0.29, 0.717) is 17.9 Å². The Morgan fingerprint density at radius 1 is 1.27 bits per heavy atom. The molecule has 1 N–H and O–H groups in total. The number of benzene rings is 1. The van der Waals surface area contributed by atoms with Crippen LogP contribution in [0.4, 0.5) is 0 Å². The largest absolute Gasteiger partial charge is 0.490 e. The number of carbonyl (C=O) groups excluding carboxylic acids is 2. The Morgan fingerprint density at radius 3 is 2.73 bits per heavy atom. The van der Waals surface area contributed by atoms with Gasteiger partial charge in [0.25, 0.3) is 5.91 Å². The summed E-state index contributed by atoms with van der Waals surface area (Å²) >= 11 is 0. The van der Waals surface area contributed by atoms with E-state index in [4.69, 9.17) is 4.74 Å². The van der Waals surface area contributed by atoms with Crippen molar-refractivity contribution in [2.45, 2.75) is 51.2 Å². The van der Waals surface area contributed by atoms with E-state index in [2.05, 4.69) is 11.9 Å². The summed E-state index contributed by atoms with van der Waals surface area (Å²) in [6.45, 7) is 6.88. The van der Waals surface area contributed by atoms with E-state index in [1.54, 1.807) is 0 Å². The molecule has 0 radical (unpaired) electrons. The molecule has 0 bridgehead atoms. The van der Waals surface area contributed by atoms with Gasteiger partial charge in [-0.1, -0.05) is 18.7 Å². The number of rotatable bonds is 6. The topological polar surface area (TPSA) is 58.6 Å². The molecule has 0 aromatic heterocycles. The highest BCUT2D eigenvalue weighted by Crippen LogP contribution is 2.29. The highest BCUT2D eigenvalue weighted by molar-refractivity contribution is 5.97. The number of piperidine rings is 1. The van der Waals surface area contributed by atoms with Crippen molar-refractivity contribution in [3.8, 4) is 5.75 Å². The Balaban J connectivity index is 1.67. The molecule has 2 atom stereocenters. The fourth-order valence-corrected chi connectivity index (χ4v) is 3.59. The number of para-hydroxylation sites is 1. The van der Waals surface area contributed by atoms with E-state index in [-0.39, 0.29) is 29.9 Å². The van der Waals surface area contributed by atoms with Gasteiger partial charge in [0, 0.05) is 19.1 Å². The first-order valence-electron chi connectivity index (χ1n) is 9.56. The van der Waals surface area contributed by atoms with Gasteiger partial charge in [0.15, 0.2) is 0 Å². The van der Waals surface area contributed by atoms with Crippen LogP contribution in [0.3, 0.4) is 0 Å². The van der Waals surface area contributed by atoms with E-state index >= 15 is 0 Å². The van der Waals surface area contributed by atoms with Crippen molar-refractivity contribution in [3.05, 3.63) is 42.5 Å². The van der Waals surface area contributed by atoms with Crippen LogP contribution in [-0.4, -0.2) is 41.9 Å². The van der Waals surface area contributed by atoms with Crippen molar-refractivity contribution in [1.29, 1.82) is 0 Å². The highest BCUT2D eigenvalue weighted by atomic mass is 16.5. The lowest BCUT2D eigenvalue weighted by atomic mass is 9.91. The molecule has 1 aliphatic carbocycles. The summed E-state index contributed by atoms with van der Waals surface area (Å²) < 4.78 is 6.02. The molecule has 2 aliphatic rings. The molecule has 0 spiro atoms. The number of nitrogens with one attached hydrogen (secondary N) is 1. The molecule has 5 nitrogen and oxygen atoms in total. The lowest BCUT2D eigenvalue weighted by Gasteiger charge is -2.36. The zero-order valence-corrected chi connectivity index (χ0v) is 15.4. The molecular formula is C21H28N2O3. The summed E-state index contributed by atoms with van der Waals surface area (Å²) in [5.41, 5.74) is 0.642. The second kappa shape index (κ2) is 8.39. The summed E-state index contributed by atoms with van der Waals surface area (Å²) in [4.78, 5) is 26.6. The summed E-state index contributed by atoms with van der Waals surface area (Å²) in [6.07, 6.45) is 6.80. The molecule has 5 heteroatoms. The zero-order chi connectivity index (χ0) is 18.5. The van der Waals surface area contributed by atoms with Crippen LogP contribution in [0, 0.1) is 5.92 Å². The quantitative estimate of drug-likeness (QED) is 0.797. The average molecular weight is 356 g/mol. The Morgan fingerprint density at radius 2 is 2.04 bits per heavy atom. The van der Waals surface area contributed by atoms with Crippen LogP contribution in [-0.2, 0) is 4.79 Å². The van der Waals surface area contributed by atoms with Gasteiger partial charge in [-0.25, -0.2) is 0 Å².